The van der Waals surface area contributed by atoms with Crippen LogP contribution in [0.25, 0.3) is 0 Å². The van der Waals surface area contributed by atoms with Crippen LogP contribution in [0, 0.1) is 0 Å². The Kier molecular flexibility index (Phi) is 5.44. The highest BCUT2D eigenvalue weighted by Gasteiger charge is 2.31. The second-order valence-electron chi connectivity index (χ2n) is 5.17. The number of hydrogen-bond acceptors (Lipinski definition) is 3. The maximum Gasteiger partial charge on any atom is 0.0252 e. The molecule has 0 spiro atoms. The van der Waals surface area contributed by atoms with Crippen molar-refractivity contribution >= 4 is 11.8 Å². The quantitative estimate of drug-likeness (QED) is 0.779. The van der Waals surface area contributed by atoms with E-state index in [9.17, 15) is 0 Å². The van der Waals surface area contributed by atoms with Crippen LogP contribution in [0.2, 0.25) is 0 Å². The van der Waals surface area contributed by atoms with Crippen LogP contribution in [0.4, 0.5) is 0 Å². The van der Waals surface area contributed by atoms with Gasteiger partial charge in [-0.05, 0) is 26.5 Å². The second kappa shape index (κ2) is 6.12. The van der Waals surface area contributed by atoms with Crippen LogP contribution < -0.4 is 5.32 Å². The lowest BCUT2D eigenvalue weighted by Gasteiger charge is -2.44. The second-order valence-corrected chi connectivity index (χ2v) is 6.16. The summed E-state index contributed by atoms with van der Waals surface area (Å²) in [6.07, 6.45) is 4.82. The van der Waals surface area contributed by atoms with E-state index < -0.39 is 0 Å². The first-order chi connectivity index (χ1) is 7.09. The first kappa shape index (κ1) is 13.3. The molecular formula is C12H26N2S. The average Bonchev–Trinajstić information content (AvgIpc) is 2.18. The summed E-state index contributed by atoms with van der Waals surface area (Å²) in [6.45, 7) is 10.5. The summed E-state index contributed by atoms with van der Waals surface area (Å²) in [5, 5.41) is 3.65. The fourth-order valence-electron chi connectivity index (χ4n) is 2.30. The summed E-state index contributed by atoms with van der Waals surface area (Å²) < 4.78 is 0. The molecule has 2 nitrogen and oxygen atoms in total. The van der Waals surface area contributed by atoms with Crippen molar-refractivity contribution in [1.29, 1.82) is 0 Å². The summed E-state index contributed by atoms with van der Waals surface area (Å²) in [5.41, 5.74) is 0.294. The number of nitrogens with one attached hydrogen (secondary N) is 1. The summed E-state index contributed by atoms with van der Waals surface area (Å²) in [6, 6.07) is 0.759. The molecule has 1 aliphatic rings. The third-order valence-electron chi connectivity index (χ3n) is 3.14. The van der Waals surface area contributed by atoms with Crippen LogP contribution in [0.5, 0.6) is 0 Å². The smallest absolute Gasteiger partial charge is 0.0252 e. The molecule has 15 heavy (non-hydrogen) atoms. The molecule has 0 amide bonds. The maximum absolute atomic E-state index is 3.65. The highest BCUT2D eigenvalue weighted by atomic mass is 32.2. The summed E-state index contributed by atoms with van der Waals surface area (Å²) in [4.78, 5) is 2.68. The topological polar surface area (TPSA) is 15.3 Å². The first-order valence-corrected chi connectivity index (χ1v) is 7.46. The molecule has 90 valence electrons. The molecule has 1 aliphatic heterocycles. The normalized spacial score (nSPS) is 26.8. The minimum atomic E-state index is 0.294. The fourth-order valence-corrected chi connectivity index (χ4v) is 2.72. The molecule has 1 heterocycles. The van der Waals surface area contributed by atoms with E-state index in [4.69, 9.17) is 0 Å². The standard InChI is InChI=1S/C12H26N2S/c1-5-6-11-9-13-12(2,3)10-14(11)7-8-15-4/h11,13H,5-10H2,1-4H3. The van der Waals surface area contributed by atoms with Crippen molar-refractivity contribution in [2.24, 2.45) is 0 Å². The van der Waals surface area contributed by atoms with E-state index in [1.807, 2.05) is 11.8 Å². The molecule has 0 radical (unpaired) electrons. The van der Waals surface area contributed by atoms with Gasteiger partial charge in [0.15, 0.2) is 0 Å². The van der Waals surface area contributed by atoms with Crippen LogP contribution in [0.15, 0.2) is 0 Å². The molecular weight excluding hydrogens is 204 g/mol. The Balaban J connectivity index is 2.48. The lowest BCUT2D eigenvalue weighted by molar-refractivity contribution is 0.0962. The largest absolute Gasteiger partial charge is 0.309 e. The van der Waals surface area contributed by atoms with Gasteiger partial charge in [-0.2, -0.15) is 11.8 Å². The average molecular weight is 230 g/mol. The van der Waals surface area contributed by atoms with Crippen molar-refractivity contribution in [3.8, 4) is 0 Å². The predicted octanol–water partition coefficient (Wildman–Crippen LogP) is 2.20. The molecule has 0 aliphatic carbocycles. The number of piperazine rings is 1. The van der Waals surface area contributed by atoms with Gasteiger partial charge in [0.1, 0.15) is 0 Å². The van der Waals surface area contributed by atoms with E-state index in [0.29, 0.717) is 5.54 Å². The Morgan fingerprint density at radius 1 is 1.47 bits per heavy atom. The van der Waals surface area contributed by atoms with Gasteiger partial charge >= 0.3 is 0 Å². The number of thioether (sulfide) groups is 1. The number of hydrogen-bond donors (Lipinski definition) is 1. The zero-order chi connectivity index (χ0) is 11.3. The third-order valence-corrected chi connectivity index (χ3v) is 3.73. The molecule has 0 aromatic carbocycles. The zero-order valence-corrected chi connectivity index (χ0v) is 11.5. The van der Waals surface area contributed by atoms with Gasteiger partial charge < -0.3 is 5.32 Å². The zero-order valence-electron chi connectivity index (χ0n) is 10.7. The predicted molar refractivity (Wildman–Crippen MR) is 70.7 cm³/mol. The Morgan fingerprint density at radius 3 is 2.80 bits per heavy atom. The van der Waals surface area contributed by atoms with E-state index in [1.54, 1.807) is 0 Å². The Bertz CT molecular complexity index is 182. The van der Waals surface area contributed by atoms with E-state index in [2.05, 4.69) is 37.2 Å². The number of rotatable bonds is 5. The minimum Gasteiger partial charge on any atom is -0.309 e. The van der Waals surface area contributed by atoms with Crippen LogP contribution >= 0.6 is 11.8 Å². The molecule has 1 atom stereocenters. The van der Waals surface area contributed by atoms with Gasteiger partial charge in [0, 0.05) is 37.0 Å². The molecule has 3 heteroatoms. The van der Waals surface area contributed by atoms with Crippen LogP contribution in [0.3, 0.4) is 0 Å². The molecule has 1 N–H and O–H groups in total. The number of nitrogens with zero attached hydrogens (tertiary/aromatic N) is 1. The highest BCUT2D eigenvalue weighted by molar-refractivity contribution is 7.98. The van der Waals surface area contributed by atoms with E-state index >= 15 is 0 Å². The van der Waals surface area contributed by atoms with Crippen molar-refractivity contribution in [2.45, 2.75) is 45.2 Å². The lowest BCUT2D eigenvalue weighted by Crippen LogP contribution is -2.61. The first-order valence-electron chi connectivity index (χ1n) is 6.07. The molecule has 0 aromatic heterocycles. The van der Waals surface area contributed by atoms with E-state index in [-0.39, 0.29) is 0 Å². The van der Waals surface area contributed by atoms with Crippen molar-refractivity contribution in [3.05, 3.63) is 0 Å². The Hall–Kier alpha value is 0.270. The van der Waals surface area contributed by atoms with Gasteiger partial charge in [-0.3, -0.25) is 4.90 Å². The van der Waals surface area contributed by atoms with Gasteiger partial charge in [-0.1, -0.05) is 13.3 Å². The minimum absolute atomic E-state index is 0.294. The third kappa shape index (κ3) is 4.33. The van der Waals surface area contributed by atoms with Crippen molar-refractivity contribution in [1.82, 2.24) is 10.2 Å². The summed E-state index contributed by atoms with van der Waals surface area (Å²) in [5.74, 6) is 1.26. The van der Waals surface area contributed by atoms with Crippen molar-refractivity contribution in [3.63, 3.8) is 0 Å². The van der Waals surface area contributed by atoms with E-state index in [0.717, 1.165) is 12.6 Å². The van der Waals surface area contributed by atoms with Gasteiger partial charge in [0.2, 0.25) is 0 Å². The highest BCUT2D eigenvalue weighted by Crippen LogP contribution is 2.18. The Labute approximate surface area is 99.2 Å². The maximum atomic E-state index is 3.65. The summed E-state index contributed by atoms with van der Waals surface area (Å²) >= 11 is 1.95. The van der Waals surface area contributed by atoms with Gasteiger partial charge in [0.25, 0.3) is 0 Å². The molecule has 0 saturated carbocycles. The molecule has 1 unspecified atom stereocenters. The molecule has 1 saturated heterocycles. The Morgan fingerprint density at radius 2 is 2.20 bits per heavy atom. The summed E-state index contributed by atoms with van der Waals surface area (Å²) in [7, 11) is 0. The van der Waals surface area contributed by atoms with Crippen molar-refractivity contribution < 1.29 is 0 Å². The lowest BCUT2D eigenvalue weighted by atomic mass is 9.97. The van der Waals surface area contributed by atoms with Crippen LogP contribution in [0.1, 0.15) is 33.6 Å². The van der Waals surface area contributed by atoms with Gasteiger partial charge in [-0.15, -0.1) is 0 Å². The van der Waals surface area contributed by atoms with Crippen LogP contribution in [-0.4, -0.2) is 48.1 Å². The SMILES string of the molecule is CCCC1CNC(C)(C)CN1CCSC. The van der Waals surface area contributed by atoms with Crippen molar-refractivity contribution in [2.75, 3.05) is 31.6 Å². The molecule has 1 fully saturated rings. The monoisotopic (exact) mass is 230 g/mol. The fraction of sp³-hybridized carbons (Fsp3) is 1.00. The molecule has 1 rings (SSSR count). The van der Waals surface area contributed by atoms with E-state index in [1.165, 1.54) is 31.7 Å². The van der Waals surface area contributed by atoms with Gasteiger partial charge in [-0.25, -0.2) is 0 Å². The molecule has 0 aromatic rings. The molecule has 0 bridgehead atoms. The van der Waals surface area contributed by atoms with Crippen LogP contribution in [-0.2, 0) is 0 Å². The van der Waals surface area contributed by atoms with Gasteiger partial charge in [0.05, 0.1) is 0 Å².